The van der Waals surface area contributed by atoms with Crippen molar-refractivity contribution in [2.45, 2.75) is 0 Å². The SMILES string of the molecule is [C-]#N.[C-]#N.[C-]#N.[C-]#N.[C-]#N.[C-]#N.[C-]#N.[Re]. The molecule has 0 amide bonds. The van der Waals surface area contributed by atoms with Gasteiger partial charge in [-0.2, -0.15) is 0 Å². The molecule has 0 fully saturated rings. The number of nitrogens with zero attached hydrogens (tertiary/aromatic N) is 7. The fourth-order valence-electron chi connectivity index (χ4n) is 0. The zero-order valence-electron chi connectivity index (χ0n) is 7.01. The van der Waals surface area contributed by atoms with Crippen molar-refractivity contribution >= 4 is 0 Å². The molecule has 0 aliphatic heterocycles. The Labute approximate surface area is 103 Å². The van der Waals surface area contributed by atoms with Crippen LogP contribution in [0.25, 0.3) is 0 Å². The fraction of sp³-hybridized carbons (Fsp3) is 0. The van der Waals surface area contributed by atoms with Crippen molar-refractivity contribution in [2.75, 3.05) is 0 Å². The van der Waals surface area contributed by atoms with Gasteiger partial charge in [0.1, 0.15) is 0 Å². The normalized spacial score (nSPS) is 0.933. The summed E-state index contributed by atoms with van der Waals surface area (Å²) in [5, 5.41) is 43.8. The maximum absolute atomic E-state index is 6.25. The van der Waals surface area contributed by atoms with Crippen LogP contribution in [-0.4, -0.2) is 0 Å². The molecule has 0 N–H and O–H groups in total. The predicted molar refractivity (Wildman–Crippen MR) is 34.8 cm³/mol. The van der Waals surface area contributed by atoms with Crippen molar-refractivity contribution in [2.24, 2.45) is 0 Å². The van der Waals surface area contributed by atoms with Crippen molar-refractivity contribution in [3.05, 3.63) is 46.0 Å². The van der Waals surface area contributed by atoms with Gasteiger partial charge >= 0.3 is 0 Å². The van der Waals surface area contributed by atoms with Gasteiger partial charge in [0.2, 0.25) is 0 Å². The van der Waals surface area contributed by atoms with Gasteiger partial charge in [0.25, 0.3) is 0 Å². The molecule has 0 heterocycles. The van der Waals surface area contributed by atoms with E-state index in [9.17, 15) is 0 Å². The van der Waals surface area contributed by atoms with Crippen LogP contribution in [-0.2, 0) is 20.4 Å². The van der Waals surface area contributed by atoms with E-state index < -0.39 is 0 Å². The summed E-state index contributed by atoms with van der Waals surface area (Å²) in [6.07, 6.45) is 0. The van der Waals surface area contributed by atoms with Crippen LogP contribution in [0.15, 0.2) is 0 Å². The second-order valence-corrected chi connectivity index (χ2v) is 0. The topological polar surface area (TPSA) is 167 Å². The van der Waals surface area contributed by atoms with Crippen molar-refractivity contribution in [3.63, 3.8) is 0 Å². The molecule has 0 bridgehead atoms. The van der Waals surface area contributed by atoms with Gasteiger partial charge in [0, 0.05) is 20.4 Å². The Bertz CT molecular complexity index is 112. The minimum absolute atomic E-state index is 0. The fourth-order valence-corrected chi connectivity index (χ4v) is 0. The Morgan fingerprint density at radius 1 is 0.267 bits per heavy atom. The van der Waals surface area contributed by atoms with E-state index in [1.54, 1.807) is 0 Å². The molecule has 0 spiro atoms. The molecule has 77 valence electrons. The van der Waals surface area contributed by atoms with Crippen LogP contribution in [0, 0.1) is 82.8 Å². The minimum Gasteiger partial charge on any atom is -0.512 e. The smallest absolute Gasteiger partial charge is 0 e. The standard InChI is InChI=1S/7CN.Re/c7*1-2;/q7*-1;. The van der Waals surface area contributed by atoms with Gasteiger partial charge in [-0.05, 0) is 0 Å². The maximum atomic E-state index is 6.25. The molecule has 0 atom stereocenters. The van der Waals surface area contributed by atoms with Crippen LogP contribution in [0.2, 0.25) is 0 Å². The molecular weight excluding hydrogens is 368 g/mol. The summed E-state index contributed by atoms with van der Waals surface area (Å²) in [5.41, 5.74) is 0. The summed E-state index contributed by atoms with van der Waals surface area (Å²) in [6.45, 7) is 33.2. The first-order valence-electron chi connectivity index (χ1n) is 1.57. The van der Waals surface area contributed by atoms with E-state index in [1.165, 1.54) is 0 Å². The molecule has 0 saturated carbocycles. The third-order valence-electron chi connectivity index (χ3n) is 0. The van der Waals surface area contributed by atoms with Gasteiger partial charge in [-0.1, -0.05) is 0 Å². The summed E-state index contributed by atoms with van der Waals surface area (Å²) in [7, 11) is 0. The first-order valence-corrected chi connectivity index (χ1v) is 1.57. The van der Waals surface area contributed by atoms with Crippen molar-refractivity contribution < 1.29 is 20.4 Å². The number of hydrogen-bond donors (Lipinski definition) is 0. The molecule has 0 aromatic heterocycles. The Morgan fingerprint density at radius 2 is 0.267 bits per heavy atom. The van der Waals surface area contributed by atoms with Crippen molar-refractivity contribution in [3.8, 4) is 0 Å². The molecule has 0 unspecified atom stereocenters. The average molecular weight is 368 g/mol. The summed E-state index contributed by atoms with van der Waals surface area (Å²) in [6, 6.07) is 0. The summed E-state index contributed by atoms with van der Waals surface area (Å²) >= 11 is 0. The van der Waals surface area contributed by atoms with Crippen LogP contribution in [0.4, 0.5) is 0 Å². The molecule has 0 saturated heterocycles. The van der Waals surface area contributed by atoms with Crippen LogP contribution in [0.1, 0.15) is 0 Å². The van der Waals surface area contributed by atoms with Crippen LogP contribution in [0.3, 0.4) is 0 Å². The third-order valence-corrected chi connectivity index (χ3v) is 0. The van der Waals surface area contributed by atoms with E-state index >= 15 is 0 Å². The molecule has 0 aliphatic rings. The van der Waals surface area contributed by atoms with Crippen LogP contribution >= 0.6 is 0 Å². The van der Waals surface area contributed by atoms with Crippen LogP contribution in [0.5, 0.6) is 0 Å². The van der Waals surface area contributed by atoms with Crippen LogP contribution < -0.4 is 0 Å². The number of hydrogen-bond acceptors (Lipinski definition) is 7. The maximum Gasteiger partial charge on any atom is 0 e. The molecule has 1 radical (unpaired) electrons. The first-order chi connectivity index (χ1) is 7.00. The molecule has 7 nitrogen and oxygen atoms in total. The van der Waals surface area contributed by atoms with Gasteiger partial charge in [0.05, 0.1) is 0 Å². The second kappa shape index (κ2) is 134. The average Bonchev–Trinajstić information content (AvgIpc) is 2.45. The summed E-state index contributed by atoms with van der Waals surface area (Å²) in [5.74, 6) is 0. The van der Waals surface area contributed by atoms with Gasteiger partial charge in [-0.3, -0.25) is 0 Å². The van der Waals surface area contributed by atoms with E-state index in [4.69, 9.17) is 82.8 Å². The third kappa shape index (κ3) is 108. The second-order valence-electron chi connectivity index (χ2n) is 0. The van der Waals surface area contributed by atoms with E-state index in [2.05, 4.69) is 0 Å². The zero-order chi connectivity index (χ0) is 14.0. The van der Waals surface area contributed by atoms with Gasteiger partial charge < -0.3 is 82.8 Å². The quantitative estimate of drug-likeness (QED) is 0.566. The van der Waals surface area contributed by atoms with Crippen molar-refractivity contribution in [1.82, 2.24) is 0 Å². The molecular formula is C7N7Re-7. The molecule has 15 heavy (non-hydrogen) atoms. The monoisotopic (exact) mass is 369 g/mol. The molecule has 0 aromatic carbocycles. The van der Waals surface area contributed by atoms with Gasteiger partial charge in [0.15, 0.2) is 0 Å². The minimum atomic E-state index is 0. The zero-order valence-corrected chi connectivity index (χ0v) is 9.72. The molecule has 8 heteroatoms. The van der Waals surface area contributed by atoms with E-state index in [1.807, 2.05) is 0 Å². The van der Waals surface area contributed by atoms with Gasteiger partial charge in [-0.25, -0.2) is 0 Å². The van der Waals surface area contributed by atoms with Gasteiger partial charge in [-0.15, -0.1) is 0 Å². The molecule has 0 aliphatic carbocycles. The predicted octanol–water partition coefficient (Wildman–Crippen LogP) is 0.672. The first kappa shape index (κ1) is 88.8. The Morgan fingerprint density at radius 3 is 0.267 bits per heavy atom. The largest absolute Gasteiger partial charge is 0.512 e. The summed E-state index contributed by atoms with van der Waals surface area (Å²) < 4.78 is 0. The van der Waals surface area contributed by atoms with E-state index in [-0.39, 0.29) is 20.4 Å². The molecule has 0 aromatic rings. The van der Waals surface area contributed by atoms with E-state index in [0.717, 1.165) is 0 Å². The Hall–Kier alpha value is -2.91. The Kier molecular flexibility index (Phi) is 791. The Balaban J connectivity index is -0.00000000628. The molecule has 0 rings (SSSR count). The van der Waals surface area contributed by atoms with Crippen molar-refractivity contribution in [1.29, 1.82) is 36.8 Å². The summed E-state index contributed by atoms with van der Waals surface area (Å²) in [4.78, 5) is 0. The number of rotatable bonds is 0. The van der Waals surface area contributed by atoms with E-state index in [0.29, 0.717) is 0 Å².